The van der Waals surface area contributed by atoms with Crippen LogP contribution in [0.4, 0.5) is 0 Å². The third-order valence-corrected chi connectivity index (χ3v) is 5.35. The van der Waals surface area contributed by atoms with Gasteiger partial charge in [0.1, 0.15) is 11.3 Å². The average Bonchev–Trinajstić information content (AvgIpc) is 2.95. The molecule has 0 spiro atoms. The first-order valence-electron chi connectivity index (χ1n) is 11.0. The monoisotopic (exact) mass is 457 g/mol. The molecule has 1 aliphatic heterocycles. The predicted octanol–water partition coefficient (Wildman–Crippen LogP) is 3.90. The molecule has 1 rings (SSSR count). The Bertz CT molecular complexity index is 904. The standard InChI is InChI=1S/C26H35NO6/c1-17(2)24(31)19(4)16-18(3)12-10-8-6-7-9-11-13-21(28)23-25(32)20(14-15-22(29)30)27(5)26(23)33/h6-13,16-17,19-20,24,28,31H,14-15H2,1-5H3,(H,29,30)/b8-6+,9-7+,12-10+,13-11+,18-16+,23-21-/t19-,20+,24+/m1/s1. The molecule has 0 unspecified atom stereocenters. The van der Waals surface area contributed by atoms with E-state index in [9.17, 15) is 24.6 Å². The number of carbonyl (C=O) groups is 3. The Morgan fingerprint density at radius 2 is 1.55 bits per heavy atom. The highest BCUT2D eigenvalue weighted by Gasteiger charge is 2.42. The number of nitrogens with zero attached hydrogens (tertiary/aromatic N) is 1. The Morgan fingerprint density at radius 3 is 2.09 bits per heavy atom. The number of likely N-dealkylation sites (N-methyl/N-ethyl adjacent to an activating group) is 1. The van der Waals surface area contributed by atoms with Gasteiger partial charge < -0.3 is 20.2 Å². The smallest absolute Gasteiger partial charge is 0.303 e. The summed E-state index contributed by atoms with van der Waals surface area (Å²) >= 11 is 0. The van der Waals surface area contributed by atoms with Crippen LogP contribution < -0.4 is 0 Å². The van der Waals surface area contributed by atoms with Crippen LogP contribution in [0.15, 0.2) is 71.6 Å². The number of aliphatic carboxylic acids is 1. The van der Waals surface area contributed by atoms with Crippen molar-refractivity contribution in [1.29, 1.82) is 0 Å². The molecule has 1 heterocycles. The van der Waals surface area contributed by atoms with E-state index in [1.165, 1.54) is 19.2 Å². The van der Waals surface area contributed by atoms with Crippen molar-refractivity contribution < 1.29 is 29.7 Å². The minimum atomic E-state index is -1.05. The molecule has 0 bridgehead atoms. The van der Waals surface area contributed by atoms with Crippen LogP contribution in [0.1, 0.15) is 40.5 Å². The molecule has 180 valence electrons. The summed E-state index contributed by atoms with van der Waals surface area (Å²) in [4.78, 5) is 36.6. The number of rotatable bonds is 11. The highest BCUT2D eigenvalue weighted by atomic mass is 16.4. The van der Waals surface area contributed by atoms with Gasteiger partial charge in [-0.05, 0) is 25.3 Å². The molecule has 1 saturated heterocycles. The maximum absolute atomic E-state index is 12.4. The molecule has 0 saturated carbocycles. The largest absolute Gasteiger partial charge is 0.507 e. The maximum Gasteiger partial charge on any atom is 0.303 e. The van der Waals surface area contributed by atoms with Gasteiger partial charge in [0, 0.05) is 19.4 Å². The summed E-state index contributed by atoms with van der Waals surface area (Å²) in [6.07, 6.45) is 15.0. The summed E-state index contributed by atoms with van der Waals surface area (Å²) in [5, 5.41) is 29.0. The van der Waals surface area contributed by atoms with Crippen molar-refractivity contribution >= 4 is 17.7 Å². The molecule has 7 heteroatoms. The van der Waals surface area contributed by atoms with Gasteiger partial charge in [-0.25, -0.2) is 0 Å². The fourth-order valence-corrected chi connectivity index (χ4v) is 3.46. The second-order valence-electron chi connectivity index (χ2n) is 8.48. The van der Waals surface area contributed by atoms with E-state index in [2.05, 4.69) is 0 Å². The van der Waals surface area contributed by atoms with Gasteiger partial charge in [0.15, 0.2) is 5.78 Å². The molecule has 0 aliphatic carbocycles. The van der Waals surface area contributed by atoms with Crippen LogP contribution in [0.3, 0.4) is 0 Å². The number of ketones is 1. The van der Waals surface area contributed by atoms with Crippen molar-refractivity contribution in [3.05, 3.63) is 71.6 Å². The zero-order chi connectivity index (χ0) is 25.1. The Hall–Kier alpha value is -3.19. The van der Waals surface area contributed by atoms with Crippen LogP contribution in [0, 0.1) is 11.8 Å². The first kappa shape index (κ1) is 27.8. The molecule has 0 radical (unpaired) electrons. The summed E-state index contributed by atoms with van der Waals surface area (Å²) < 4.78 is 0. The fourth-order valence-electron chi connectivity index (χ4n) is 3.46. The first-order chi connectivity index (χ1) is 15.5. The molecule has 7 nitrogen and oxygen atoms in total. The Morgan fingerprint density at radius 1 is 1.00 bits per heavy atom. The van der Waals surface area contributed by atoms with E-state index >= 15 is 0 Å². The molecule has 1 aliphatic rings. The minimum Gasteiger partial charge on any atom is -0.507 e. The average molecular weight is 458 g/mol. The van der Waals surface area contributed by atoms with Crippen molar-refractivity contribution in [2.24, 2.45) is 11.8 Å². The van der Waals surface area contributed by atoms with Crippen LogP contribution in [0.2, 0.25) is 0 Å². The number of allylic oxidation sites excluding steroid dienone is 9. The number of hydrogen-bond acceptors (Lipinski definition) is 5. The first-order valence-corrected chi connectivity index (χ1v) is 11.0. The zero-order valence-electron chi connectivity index (χ0n) is 19.9. The van der Waals surface area contributed by atoms with Crippen LogP contribution >= 0.6 is 0 Å². The normalized spacial score (nSPS) is 21.5. The highest BCUT2D eigenvalue weighted by molar-refractivity contribution is 6.26. The van der Waals surface area contributed by atoms with E-state index < -0.39 is 29.5 Å². The topological polar surface area (TPSA) is 115 Å². The quantitative estimate of drug-likeness (QED) is 0.188. The van der Waals surface area contributed by atoms with Crippen LogP contribution in [-0.4, -0.2) is 57.1 Å². The number of aliphatic hydroxyl groups is 2. The third kappa shape index (κ3) is 8.69. The molecule has 0 aromatic rings. The fraction of sp³-hybridized carbons (Fsp3) is 0.423. The number of likely N-dealkylation sites (tertiary alicyclic amines) is 1. The number of carboxylic acid groups (broad SMARTS) is 1. The molecule has 3 N–H and O–H groups in total. The van der Waals surface area contributed by atoms with Gasteiger partial charge in [-0.15, -0.1) is 0 Å². The Labute approximate surface area is 195 Å². The Kier molecular flexibility index (Phi) is 11.3. The van der Waals surface area contributed by atoms with E-state index in [0.717, 1.165) is 10.5 Å². The number of carbonyl (C=O) groups excluding carboxylic acids is 2. The summed E-state index contributed by atoms with van der Waals surface area (Å²) in [7, 11) is 1.42. The number of aliphatic hydroxyl groups excluding tert-OH is 2. The lowest BCUT2D eigenvalue weighted by atomic mass is 9.93. The zero-order valence-corrected chi connectivity index (χ0v) is 19.9. The lowest BCUT2D eigenvalue weighted by Gasteiger charge is -2.19. The van der Waals surface area contributed by atoms with Crippen LogP contribution in [0.25, 0.3) is 0 Å². The van der Waals surface area contributed by atoms with Gasteiger partial charge in [0.05, 0.1) is 12.1 Å². The second-order valence-corrected chi connectivity index (χ2v) is 8.48. The van der Waals surface area contributed by atoms with Gasteiger partial charge in [0.25, 0.3) is 5.91 Å². The van der Waals surface area contributed by atoms with Crippen LogP contribution in [-0.2, 0) is 14.4 Å². The molecule has 33 heavy (non-hydrogen) atoms. The number of Topliss-reactive ketones (excluding diaryl/α,β-unsaturated/α-hetero) is 1. The second kappa shape index (κ2) is 13.4. The van der Waals surface area contributed by atoms with E-state index in [1.54, 1.807) is 18.2 Å². The lowest BCUT2D eigenvalue weighted by molar-refractivity contribution is -0.138. The summed E-state index contributed by atoms with van der Waals surface area (Å²) in [5.41, 5.74) is 0.722. The van der Waals surface area contributed by atoms with Gasteiger partial charge >= 0.3 is 5.97 Å². The van der Waals surface area contributed by atoms with E-state index in [4.69, 9.17) is 5.11 Å². The SMILES string of the molecule is CC(/C=C/C=C/C=C/C=C/C(O)=C1\C(=O)[C@H](CCC(=O)O)N(C)C1=O)=C\[C@@H](C)[C@@H](O)C(C)C. The van der Waals surface area contributed by atoms with Crippen molar-refractivity contribution in [3.63, 3.8) is 0 Å². The summed E-state index contributed by atoms with van der Waals surface area (Å²) in [6.45, 7) is 7.93. The van der Waals surface area contributed by atoms with E-state index in [0.29, 0.717) is 0 Å². The maximum atomic E-state index is 12.4. The minimum absolute atomic E-state index is 0.000991. The molecule has 3 atom stereocenters. The van der Waals surface area contributed by atoms with Crippen molar-refractivity contribution in [2.75, 3.05) is 7.05 Å². The van der Waals surface area contributed by atoms with Crippen molar-refractivity contribution in [1.82, 2.24) is 4.90 Å². The van der Waals surface area contributed by atoms with Gasteiger partial charge in [0.2, 0.25) is 0 Å². The summed E-state index contributed by atoms with van der Waals surface area (Å²) in [6, 6.07) is -0.876. The van der Waals surface area contributed by atoms with Gasteiger partial charge in [-0.3, -0.25) is 14.4 Å². The molecule has 1 amide bonds. The van der Waals surface area contributed by atoms with E-state index in [1.807, 2.05) is 52.0 Å². The number of amides is 1. The van der Waals surface area contributed by atoms with Crippen molar-refractivity contribution in [3.8, 4) is 0 Å². The third-order valence-electron chi connectivity index (χ3n) is 5.35. The molecule has 1 fully saturated rings. The molecular weight excluding hydrogens is 422 g/mol. The molecule has 0 aromatic heterocycles. The number of hydrogen-bond donors (Lipinski definition) is 3. The molecule has 0 aromatic carbocycles. The predicted molar refractivity (Wildman–Crippen MR) is 128 cm³/mol. The molecular formula is C26H35NO6. The lowest BCUT2D eigenvalue weighted by Crippen LogP contribution is -2.32. The van der Waals surface area contributed by atoms with Crippen LogP contribution in [0.5, 0.6) is 0 Å². The highest BCUT2D eigenvalue weighted by Crippen LogP contribution is 2.24. The van der Waals surface area contributed by atoms with Crippen molar-refractivity contribution in [2.45, 2.75) is 52.7 Å². The Balaban J connectivity index is 2.68. The van der Waals surface area contributed by atoms with E-state index in [-0.39, 0.29) is 36.4 Å². The van der Waals surface area contributed by atoms with Gasteiger partial charge in [-0.1, -0.05) is 75.0 Å². The van der Waals surface area contributed by atoms with Gasteiger partial charge in [-0.2, -0.15) is 0 Å². The summed E-state index contributed by atoms with van der Waals surface area (Å²) in [5.74, 6) is -2.42. The number of carboxylic acids is 1.